The number of hydrogen-bond acceptors (Lipinski definition) is 5. The van der Waals surface area contributed by atoms with Crippen LogP contribution in [0.4, 0.5) is 13.2 Å². The number of amidine groups is 1. The highest BCUT2D eigenvalue weighted by Gasteiger charge is 2.33. The number of nitrogens with one attached hydrogen (secondary N) is 1. The number of aliphatic imine (C=N–C) groups is 1. The number of alkyl halides is 3. The zero-order valence-electron chi connectivity index (χ0n) is 19.3. The third kappa shape index (κ3) is 5.55. The van der Waals surface area contributed by atoms with Gasteiger partial charge in [-0.15, -0.1) is 0 Å². The minimum atomic E-state index is -4.34. The maximum Gasteiger partial charge on any atom is 0.416 e. The van der Waals surface area contributed by atoms with Gasteiger partial charge in [0.25, 0.3) is 0 Å². The van der Waals surface area contributed by atoms with Crippen molar-refractivity contribution in [2.24, 2.45) is 10.7 Å². The highest BCUT2D eigenvalue weighted by Crippen LogP contribution is 2.48. The second-order valence-corrected chi connectivity index (χ2v) is 9.98. The van der Waals surface area contributed by atoms with Crippen molar-refractivity contribution in [3.8, 4) is 0 Å². The number of hydrogen-bond donors (Lipinski definition) is 2. The number of rotatable bonds is 6. The summed E-state index contributed by atoms with van der Waals surface area (Å²) in [6.07, 6.45) is -0.220. The van der Waals surface area contributed by atoms with Crippen molar-refractivity contribution in [1.82, 2.24) is 10.3 Å². The largest absolute Gasteiger partial charge is 0.416 e. The summed E-state index contributed by atoms with van der Waals surface area (Å²) in [5.41, 5.74) is 8.74. The molecule has 0 saturated carbocycles. The van der Waals surface area contributed by atoms with E-state index in [0.29, 0.717) is 13.0 Å². The number of nitrogens with zero attached hydrogens (tertiary/aromatic N) is 2. The lowest BCUT2D eigenvalue weighted by atomic mass is 9.97. The predicted octanol–water partition coefficient (Wildman–Crippen LogP) is 6.30. The third-order valence-electron chi connectivity index (χ3n) is 6.21. The fraction of sp³-hybridized carbons (Fsp3) is 0.214. The topological polar surface area (TPSA) is 63.3 Å². The molecule has 1 aliphatic rings. The first-order valence-electron chi connectivity index (χ1n) is 11.7. The molecule has 0 saturated heterocycles. The zero-order valence-corrected chi connectivity index (χ0v) is 20.1. The van der Waals surface area contributed by atoms with Gasteiger partial charge in [-0.1, -0.05) is 66.4 Å². The number of halogens is 3. The van der Waals surface area contributed by atoms with Crippen LogP contribution in [-0.4, -0.2) is 22.7 Å². The minimum Gasteiger partial charge on any atom is -0.363 e. The average Bonchev–Trinajstić information content (AvgIpc) is 3.32. The molecule has 3 aromatic carbocycles. The average molecular weight is 507 g/mol. The molecule has 1 aromatic heterocycles. The number of pyridine rings is 1. The van der Waals surface area contributed by atoms with E-state index < -0.39 is 11.7 Å². The van der Waals surface area contributed by atoms with Crippen molar-refractivity contribution in [2.75, 3.05) is 6.54 Å². The number of nitrogens with two attached hydrogens (primary N) is 1. The lowest BCUT2D eigenvalue weighted by Crippen LogP contribution is -2.37. The van der Waals surface area contributed by atoms with Crippen LogP contribution in [0, 0.1) is 0 Å². The van der Waals surface area contributed by atoms with Gasteiger partial charge in [0.05, 0.1) is 16.9 Å². The van der Waals surface area contributed by atoms with Crippen LogP contribution in [0.5, 0.6) is 0 Å². The Morgan fingerprint density at radius 2 is 1.69 bits per heavy atom. The number of benzene rings is 3. The number of fused-ring (bicyclic) bond motifs is 1. The first-order valence-corrected chi connectivity index (χ1v) is 12.5. The lowest BCUT2D eigenvalue weighted by molar-refractivity contribution is -0.137. The van der Waals surface area contributed by atoms with Gasteiger partial charge in [0.15, 0.2) is 5.17 Å². The molecule has 0 radical (unpaired) electrons. The molecule has 36 heavy (non-hydrogen) atoms. The molecule has 4 aromatic rings. The van der Waals surface area contributed by atoms with E-state index in [1.54, 1.807) is 18.0 Å². The molecule has 5 rings (SSSR count). The van der Waals surface area contributed by atoms with Crippen LogP contribution in [-0.2, 0) is 12.6 Å². The van der Waals surface area contributed by atoms with Crippen molar-refractivity contribution in [3.05, 3.63) is 114 Å². The van der Waals surface area contributed by atoms with Crippen molar-refractivity contribution >= 4 is 27.7 Å². The van der Waals surface area contributed by atoms with Gasteiger partial charge in [-0.25, -0.2) is 0 Å². The molecule has 0 aliphatic carbocycles. The Balaban J connectivity index is 1.29. The van der Waals surface area contributed by atoms with E-state index in [9.17, 15) is 13.2 Å². The van der Waals surface area contributed by atoms with E-state index >= 15 is 0 Å². The zero-order chi connectivity index (χ0) is 25.1. The fourth-order valence-electron chi connectivity index (χ4n) is 4.35. The lowest BCUT2D eigenvalue weighted by Gasteiger charge is -2.18. The minimum absolute atomic E-state index is 0.0517. The van der Waals surface area contributed by atoms with Crippen LogP contribution < -0.4 is 11.1 Å². The van der Waals surface area contributed by atoms with Gasteiger partial charge in [0.2, 0.25) is 0 Å². The van der Waals surface area contributed by atoms with E-state index in [2.05, 4.69) is 40.6 Å². The Labute approximate surface area is 211 Å². The number of aromatic nitrogens is 1. The van der Waals surface area contributed by atoms with Crippen LogP contribution >= 0.6 is 11.8 Å². The van der Waals surface area contributed by atoms with E-state index in [-0.39, 0.29) is 17.3 Å². The summed E-state index contributed by atoms with van der Waals surface area (Å²) in [7, 11) is 0. The second kappa shape index (κ2) is 10.3. The Morgan fingerprint density at radius 3 is 2.44 bits per heavy atom. The summed E-state index contributed by atoms with van der Waals surface area (Å²) in [5.74, 6) is 0. The molecule has 2 unspecified atom stereocenters. The van der Waals surface area contributed by atoms with E-state index in [0.717, 1.165) is 39.2 Å². The quantitative estimate of drug-likeness (QED) is 0.322. The third-order valence-corrected chi connectivity index (χ3v) is 7.47. The van der Waals surface area contributed by atoms with Gasteiger partial charge in [-0.3, -0.25) is 9.98 Å². The summed E-state index contributed by atoms with van der Waals surface area (Å²) < 4.78 is 38.4. The van der Waals surface area contributed by atoms with Crippen LogP contribution in [0.2, 0.25) is 0 Å². The normalized spacial score (nSPS) is 18.7. The number of thioether (sulfide) groups is 1. The Hall–Kier alpha value is -3.36. The molecule has 2 heterocycles. The maximum atomic E-state index is 12.8. The molecule has 8 heteroatoms. The second-order valence-electron chi connectivity index (χ2n) is 8.85. The summed E-state index contributed by atoms with van der Waals surface area (Å²) in [4.78, 5) is 9.19. The summed E-state index contributed by atoms with van der Waals surface area (Å²) in [5, 5.41) is 6.51. The fourth-order valence-corrected chi connectivity index (χ4v) is 5.56. The van der Waals surface area contributed by atoms with Gasteiger partial charge in [-0.05, 0) is 52.8 Å². The Kier molecular flexibility index (Phi) is 6.98. The van der Waals surface area contributed by atoms with Gasteiger partial charge in [0, 0.05) is 30.4 Å². The van der Waals surface area contributed by atoms with Crippen LogP contribution in [0.15, 0.2) is 96.2 Å². The van der Waals surface area contributed by atoms with Crippen molar-refractivity contribution in [3.63, 3.8) is 0 Å². The standard InChI is InChI=1S/C28H25F3N4S/c29-28(30,31)23-10-6-18(7-11-23)14-24(32)17-34-27-35-25(19-4-2-1-3-5-19)26(36-27)21-8-9-22-16-33-13-12-20(22)15-21/h1-13,15-16,24-26H,14,17,32H2,(H,34,35)/t24-,25?,26?/m0/s1. The van der Waals surface area contributed by atoms with Gasteiger partial charge in [0.1, 0.15) is 0 Å². The monoisotopic (exact) mass is 506 g/mol. The smallest absolute Gasteiger partial charge is 0.363 e. The van der Waals surface area contributed by atoms with Gasteiger partial charge >= 0.3 is 6.18 Å². The highest BCUT2D eigenvalue weighted by atomic mass is 32.2. The summed E-state index contributed by atoms with van der Waals surface area (Å²) in [6, 6.07) is 23.5. The molecule has 1 aliphatic heterocycles. The van der Waals surface area contributed by atoms with E-state index in [1.807, 2.05) is 30.5 Å². The summed E-state index contributed by atoms with van der Waals surface area (Å²) in [6.45, 7) is 0.463. The van der Waals surface area contributed by atoms with Crippen molar-refractivity contribution in [2.45, 2.75) is 29.9 Å². The van der Waals surface area contributed by atoms with E-state index in [4.69, 9.17) is 10.7 Å². The molecule has 184 valence electrons. The molecule has 3 N–H and O–H groups in total. The Morgan fingerprint density at radius 1 is 0.917 bits per heavy atom. The SMILES string of the molecule is N[C@H](CNC1=NC(c2ccccc2)C(c2ccc3cnccc3c2)S1)Cc1ccc(C(F)(F)F)cc1. The molecular weight excluding hydrogens is 481 g/mol. The van der Waals surface area contributed by atoms with E-state index in [1.165, 1.54) is 17.7 Å². The molecule has 4 nitrogen and oxygen atoms in total. The Bertz CT molecular complexity index is 1360. The summed E-state index contributed by atoms with van der Waals surface area (Å²) >= 11 is 1.67. The molecule has 0 fully saturated rings. The van der Waals surface area contributed by atoms with Crippen molar-refractivity contribution in [1.29, 1.82) is 0 Å². The van der Waals surface area contributed by atoms with Gasteiger partial charge < -0.3 is 11.1 Å². The van der Waals surface area contributed by atoms with Gasteiger partial charge in [-0.2, -0.15) is 13.2 Å². The molecule has 3 atom stereocenters. The van der Waals surface area contributed by atoms with Crippen molar-refractivity contribution < 1.29 is 13.2 Å². The molecular formula is C28H25F3N4S. The molecule has 0 spiro atoms. The van der Waals surface area contributed by atoms with Crippen LogP contribution in [0.25, 0.3) is 10.8 Å². The maximum absolute atomic E-state index is 12.8. The molecule has 0 bridgehead atoms. The van der Waals surface area contributed by atoms with Crippen LogP contribution in [0.3, 0.4) is 0 Å². The highest BCUT2D eigenvalue weighted by molar-refractivity contribution is 8.14. The first kappa shape index (κ1) is 24.3. The van der Waals surface area contributed by atoms with Crippen LogP contribution in [0.1, 0.15) is 33.5 Å². The first-order chi connectivity index (χ1) is 17.4. The predicted molar refractivity (Wildman–Crippen MR) is 140 cm³/mol. The molecule has 0 amide bonds.